The number of nitrogens with one attached hydrogen (secondary N) is 1. The van der Waals surface area contributed by atoms with Crippen LogP contribution in [-0.2, 0) is 17.8 Å². The average Bonchev–Trinajstić information content (AvgIpc) is 2.97. The zero-order valence-electron chi connectivity index (χ0n) is 11.7. The standard InChI is InChI=1S/C15H19N3O/c1-10-4-5-11(2)14(8-10)18-15-12(6-7-16-15)13(17-18)9-19-3/h4-5,8,16H,6-7,9H2,1-3H3. The third-order valence-corrected chi connectivity index (χ3v) is 3.61. The first-order chi connectivity index (χ1) is 9.20. The highest BCUT2D eigenvalue weighted by Gasteiger charge is 2.23. The van der Waals surface area contributed by atoms with Gasteiger partial charge in [0.1, 0.15) is 5.82 Å². The van der Waals surface area contributed by atoms with Crippen LogP contribution in [0.1, 0.15) is 22.4 Å². The van der Waals surface area contributed by atoms with Gasteiger partial charge in [-0.15, -0.1) is 0 Å². The van der Waals surface area contributed by atoms with Crippen LogP contribution < -0.4 is 5.32 Å². The van der Waals surface area contributed by atoms with E-state index in [-0.39, 0.29) is 0 Å². The molecule has 0 amide bonds. The van der Waals surface area contributed by atoms with Crippen LogP contribution in [0.25, 0.3) is 5.69 Å². The topological polar surface area (TPSA) is 39.1 Å². The van der Waals surface area contributed by atoms with Gasteiger partial charge in [0.15, 0.2) is 0 Å². The summed E-state index contributed by atoms with van der Waals surface area (Å²) in [7, 11) is 1.71. The molecular formula is C15H19N3O. The highest BCUT2D eigenvalue weighted by Crippen LogP contribution is 2.30. The van der Waals surface area contributed by atoms with Crippen LogP contribution in [0.15, 0.2) is 18.2 Å². The number of benzene rings is 1. The highest BCUT2D eigenvalue weighted by molar-refractivity contribution is 5.58. The number of aryl methyl sites for hydroxylation is 2. The number of fused-ring (bicyclic) bond motifs is 1. The van der Waals surface area contributed by atoms with Gasteiger partial charge in [-0.1, -0.05) is 12.1 Å². The van der Waals surface area contributed by atoms with E-state index < -0.39 is 0 Å². The van der Waals surface area contributed by atoms with E-state index in [0.29, 0.717) is 6.61 Å². The Bertz CT molecular complexity index is 616. The number of anilines is 1. The molecule has 0 spiro atoms. The summed E-state index contributed by atoms with van der Waals surface area (Å²) in [6.07, 6.45) is 1.03. The Morgan fingerprint density at radius 2 is 2.21 bits per heavy atom. The van der Waals surface area contributed by atoms with Gasteiger partial charge in [0.2, 0.25) is 0 Å². The van der Waals surface area contributed by atoms with Crippen LogP contribution in [0.4, 0.5) is 5.82 Å². The smallest absolute Gasteiger partial charge is 0.133 e. The third-order valence-electron chi connectivity index (χ3n) is 3.61. The van der Waals surface area contributed by atoms with Crippen molar-refractivity contribution in [1.82, 2.24) is 9.78 Å². The summed E-state index contributed by atoms with van der Waals surface area (Å²) in [4.78, 5) is 0. The number of hydrogen-bond acceptors (Lipinski definition) is 3. The first-order valence-corrected chi connectivity index (χ1v) is 6.62. The number of aromatic nitrogens is 2. The van der Waals surface area contributed by atoms with Crippen LogP contribution in [0.3, 0.4) is 0 Å². The van der Waals surface area contributed by atoms with Gasteiger partial charge >= 0.3 is 0 Å². The van der Waals surface area contributed by atoms with Crippen LogP contribution >= 0.6 is 0 Å². The quantitative estimate of drug-likeness (QED) is 0.918. The van der Waals surface area contributed by atoms with Crippen molar-refractivity contribution >= 4 is 5.82 Å². The van der Waals surface area contributed by atoms with Crippen molar-refractivity contribution in [2.75, 3.05) is 19.0 Å². The Hall–Kier alpha value is -1.81. The maximum Gasteiger partial charge on any atom is 0.133 e. The molecule has 1 aliphatic rings. The third kappa shape index (κ3) is 2.02. The van der Waals surface area contributed by atoms with Gasteiger partial charge in [-0.25, -0.2) is 4.68 Å². The van der Waals surface area contributed by atoms with Gasteiger partial charge in [0, 0.05) is 19.2 Å². The summed E-state index contributed by atoms with van der Waals surface area (Å²) >= 11 is 0. The number of methoxy groups -OCH3 is 1. The number of nitrogens with zero attached hydrogens (tertiary/aromatic N) is 2. The zero-order valence-corrected chi connectivity index (χ0v) is 11.7. The molecule has 0 unspecified atom stereocenters. The number of rotatable bonds is 3. The molecule has 0 saturated carbocycles. The Morgan fingerprint density at radius 1 is 1.37 bits per heavy atom. The van der Waals surface area contributed by atoms with E-state index in [1.165, 1.54) is 16.7 Å². The molecule has 0 fully saturated rings. The fraction of sp³-hybridized carbons (Fsp3) is 0.400. The molecule has 1 aromatic heterocycles. The second-order valence-electron chi connectivity index (χ2n) is 5.09. The zero-order chi connectivity index (χ0) is 13.4. The van der Waals surface area contributed by atoms with Gasteiger partial charge in [0.05, 0.1) is 18.0 Å². The largest absolute Gasteiger partial charge is 0.378 e. The summed E-state index contributed by atoms with van der Waals surface area (Å²) in [5.74, 6) is 1.13. The molecule has 0 atom stereocenters. The van der Waals surface area contributed by atoms with Gasteiger partial charge in [0.25, 0.3) is 0 Å². The molecule has 1 aromatic carbocycles. The molecule has 1 aliphatic heterocycles. The molecule has 4 heteroatoms. The maximum absolute atomic E-state index is 5.25. The van der Waals surface area contributed by atoms with E-state index in [1.54, 1.807) is 7.11 Å². The lowest BCUT2D eigenvalue weighted by molar-refractivity contribution is 0.180. The monoisotopic (exact) mass is 257 g/mol. The summed E-state index contributed by atoms with van der Waals surface area (Å²) < 4.78 is 7.28. The van der Waals surface area contributed by atoms with E-state index >= 15 is 0 Å². The van der Waals surface area contributed by atoms with Crippen molar-refractivity contribution in [3.63, 3.8) is 0 Å². The molecule has 4 nitrogen and oxygen atoms in total. The molecule has 0 saturated heterocycles. The van der Waals surface area contributed by atoms with Crippen LogP contribution in [0.2, 0.25) is 0 Å². The maximum atomic E-state index is 5.25. The van der Waals surface area contributed by atoms with Crippen molar-refractivity contribution in [2.24, 2.45) is 0 Å². The lowest BCUT2D eigenvalue weighted by atomic mass is 10.1. The van der Waals surface area contributed by atoms with Gasteiger partial charge < -0.3 is 10.1 Å². The molecule has 2 heterocycles. The minimum absolute atomic E-state index is 0.571. The molecule has 1 N–H and O–H groups in total. The number of ether oxygens (including phenoxy) is 1. The fourth-order valence-corrected chi connectivity index (χ4v) is 2.62. The second kappa shape index (κ2) is 4.70. The molecule has 0 bridgehead atoms. The molecule has 3 rings (SSSR count). The predicted octanol–water partition coefficient (Wildman–Crippen LogP) is 2.60. The van der Waals surface area contributed by atoms with Gasteiger partial charge in [-0.05, 0) is 37.5 Å². The second-order valence-corrected chi connectivity index (χ2v) is 5.09. The summed E-state index contributed by atoms with van der Waals surface area (Å²) in [5, 5.41) is 8.16. The predicted molar refractivity (Wildman–Crippen MR) is 75.9 cm³/mol. The molecular weight excluding hydrogens is 238 g/mol. The normalized spacial score (nSPS) is 13.4. The van der Waals surface area contributed by atoms with E-state index in [4.69, 9.17) is 9.84 Å². The summed E-state index contributed by atoms with van der Waals surface area (Å²) in [6, 6.07) is 6.45. The lowest BCUT2D eigenvalue weighted by Crippen LogP contribution is -2.06. The van der Waals surface area contributed by atoms with E-state index in [9.17, 15) is 0 Å². The minimum Gasteiger partial charge on any atom is -0.378 e. The van der Waals surface area contributed by atoms with Crippen molar-refractivity contribution in [1.29, 1.82) is 0 Å². The Morgan fingerprint density at radius 3 is 3.00 bits per heavy atom. The molecule has 2 aromatic rings. The van der Waals surface area contributed by atoms with E-state index in [1.807, 2.05) is 4.68 Å². The van der Waals surface area contributed by atoms with Crippen LogP contribution in [0, 0.1) is 13.8 Å². The summed E-state index contributed by atoms with van der Waals surface area (Å²) in [5.41, 5.74) is 5.96. The Labute approximate surface area is 113 Å². The average molecular weight is 257 g/mol. The first-order valence-electron chi connectivity index (χ1n) is 6.62. The Balaban J connectivity index is 2.15. The van der Waals surface area contributed by atoms with Crippen molar-refractivity contribution in [2.45, 2.75) is 26.9 Å². The highest BCUT2D eigenvalue weighted by atomic mass is 16.5. The van der Waals surface area contributed by atoms with Crippen molar-refractivity contribution < 1.29 is 4.74 Å². The minimum atomic E-state index is 0.571. The fourth-order valence-electron chi connectivity index (χ4n) is 2.62. The molecule has 100 valence electrons. The lowest BCUT2D eigenvalue weighted by Gasteiger charge is -2.10. The van der Waals surface area contributed by atoms with Gasteiger partial charge in [-0.3, -0.25) is 0 Å². The van der Waals surface area contributed by atoms with E-state index in [2.05, 4.69) is 37.4 Å². The molecule has 0 aliphatic carbocycles. The van der Waals surface area contributed by atoms with Crippen LogP contribution in [0.5, 0.6) is 0 Å². The first kappa shape index (κ1) is 12.2. The SMILES string of the molecule is COCc1nn(-c2cc(C)ccc2C)c2c1CCN2. The molecule has 19 heavy (non-hydrogen) atoms. The Kier molecular flexibility index (Phi) is 3.03. The van der Waals surface area contributed by atoms with Crippen molar-refractivity contribution in [3.8, 4) is 5.69 Å². The summed E-state index contributed by atoms with van der Waals surface area (Å²) in [6.45, 7) is 5.78. The number of hydrogen-bond donors (Lipinski definition) is 1. The van der Waals surface area contributed by atoms with Gasteiger partial charge in [-0.2, -0.15) is 5.10 Å². The van der Waals surface area contributed by atoms with Crippen LogP contribution in [-0.4, -0.2) is 23.4 Å². The molecule has 0 radical (unpaired) electrons. The van der Waals surface area contributed by atoms with E-state index in [0.717, 1.165) is 30.2 Å². The van der Waals surface area contributed by atoms with Crippen molar-refractivity contribution in [3.05, 3.63) is 40.6 Å².